The van der Waals surface area contributed by atoms with Gasteiger partial charge >= 0.3 is 6.03 Å². The van der Waals surface area contributed by atoms with Gasteiger partial charge in [-0.1, -0.05) is 28.9 Å². The van der Waals surface area contributed by atoms with E-state index in [1.807, 2.05) is 26.0 Å². The van der Waals surface area contributed by atoms with Crippen LogP contribution < -0.4 is 10.1 Å². The van der Waals surface area contributed by atoms with Crippen molar-refractivity contribution in [3.8, 4) is 11.8 Å². The second-order valence-electron chi connectivity index (χ2n) is 9.27. The molecule has 194 valence electrons. The van der Waals surface area contributed by atoms with Gasteiger partial charge in [0.15, 0.2) is 0 Å². The summed E-state index contributed by atoms with van der Waals surface area (Å²) in [6.07, 6.45) is 2.88. The van der Waals surface area contributed by atoms with Crippen molar-refractivity contribution in [2.24, 2.45) is 4.99 Å². The van der Waals surface area contributed by atoms with Crippen LogP contribution in [0.25, 0.3) is 0 Å². The lowest BCUT2D eigenvalue weighted by Crippen LogP contribution is -2.55. The summed E-state index contributed by atoms with van der Waals surface area (Å²) < 4.78 is 11.2. The number of nitriles is 1. The Morgan fingerprint density at radius 3 is 2.68 bits per heavy atom. The second-order valence-corrected chi connectivity index (χ2v) is 9.70. The number of amidine groups is 1. The first-order valence-electron chi connectivity index (χ1n) is 12.1. The third-order valence-electron chi connectivity index (χ3n) is 6.30. The molecule has 3 aromatic rings. The third kappa shape index (κ3) is 4.93. The van der Waals surface area contributed by atoms with Gasteiger partial charge < -0.3 is 19.5 Å². The minimum Gasteiger partial charge on any atom is -0.490 e. The highest BCUT2D eigenvalue weighted by atomic mass is 35.5. The average molecular weight is 533 g/mol. The first-order chi connectivity index (χ1) is 18.4. The summed E-state index contributed by atoms with van der Waals surface area (Å²) in [5.74, 6) is 0.545. The molecule has 2 atom stereocenters. The molecule has 1 N–H and O–H groups in total. The molecule has 2 aliphatic heterocycles. The zero-order valence-electron chi connectivity index (χ0n) is 20.8. The van der Waals surface area contributed by atoms with E-state index < -0.39 is 12.1 Å². The van der Waals surface area contributed by atoms with Gasteiger partial charge in [-0.05, 0) is 49.7 Å². The standard InChI is InChI=1S/C27H25ClN6O4/c1-16(2)38-22-11-17(12-29)3-8-21(22)26-32-24(19-13-31-37-15-19)25(18-4-6-20(28)7-5-18)34(26)27(36)33-10-9-30-23(35)14-33/h3-8,11,13,15-16,24-25H,9-10,14H2,1-2H3,(H,30,35)/t24-,25+/m0/s1. The van der Waals surface area contributed by atoms with Crippen molar-refractivity contribution in [2.45, 2.75) is 32.0 Å². The molecule has 2 aliphatic rings. The molecule has 5 rings (SSSR count). The van der Waals surface area contributed by atoms with Crippen LogP contribution in [0.3, 0.4) is 0 Å². The molecule has 1 fully saturated rings. The zero-order valence-corrected chi connectivity index (χ0v) is 21.6. The van der Waals surface area contributed by atoms with E-state index in [0.717, 1.165) is 5.56 Å². The monoisotopic (exact) mass is 532 g/mol. The largest absolute Gasteiger partial charge is 0.490 e. The Bertz CT molecular complexity index is 1410. The van der Waals surface area contributed by atoms with Gasteiger partial charge in [-0.2, -0.15) is 5.26 Å². The fourth-order valence-electron chi connectivity index (χ4n) is 4.64. The van der Waals surface area contributed by atoms with Crippen LogP contribution in [0.15, 0.2) is 64.4 Å². The normalized spacial score (nSPS) is 19.2. The molecular formula is C27H25ClN6O4. The molecule has 10 nitrogen and oxygen atoms in total. The third-order valence-corrected chi connectivity index (χ3v) is 6.55. The molecule has 3 heterocycles. The molecular weight excluding hydrogens is 508 g/mol. The molecule has 3 amide bonds. The number of carbonyl (C=O) groups excluding carboxylic acids is 2. The summed E-state index contributed by atoms with van der Waals surface area (Å²) in [6.45, 7) is 4.39. The maximum Gasteiger partial charge on any atom is 0.326 e. The van der Waals surface area contributed by atoms with Crippen LogP contribution >= 0.6 is 11.6 Å². The molecule has 0 aliphatic carbocycles. The van der Waals surface area contributed by atoms with Gasteiger partial charge in [-0.25, -0.2) is 4.79 Å². The van der Waals surface area contributed by atoms with Crippen molar-refractivity contribution in [1.82, 2.24) is 20.3 Å². The summed E-state index contributed by atoms with van der Waals surface area (Å²) in [7, 11) is 0. The molecule has 2 aromatic carbocycles. The average Bonchev–Trinajstić information content (AvgIpc) is 3.57. The molecule has 0 radical (unpaired) electrons. The maximum atomic E-state index is 14.2. The fraction of sp³-hybridized carbons (Fsp3) is 0.296. The van der Waals surface area contributed by atoms with Gasteiger partial charge in [0.2, 0.25) is 5.91 Å². The van der Waals surface area contributed by atoms with Crippen molar-refractivity contribution in [3.63, 3.8) is 0 Å². The van der Waals surface area contributed by atoms with Gasteiger partial charge in [-0.3, -0.25) is 14.7 Å². The van der Waals surface area contributed by atoms with Crippen molar-refractivity contribution in [3.05, 3.63) is 82.2 Å². The molecule has 0 unspecified atom stereocenters. The lowest BCUT2D eigenvalue weighted by molar-refractivity contribution is -0.123. The van der Waals surface area contributed by atoms with Crippen molar-refractivity contribution >= 4 is 29.4 Å². The quantitative estimate of drug-likeness (QED) is 0.528. The Balaban J connectivity index is 1.69. The first kappa shape index (κ1) is 25.3. The zero-order chi connectivity index (χ0) is 26.8. The molecule has 0 spiro atoms. The van der Waals surface area contributed by atoms with E-state index in [2.05, 4.69) is 16.5 Å². The van der Waals surface area contributed by atoms with Crippen LogP contribution in [-0.2, 0) is 4.79 Å². The number of rotatable bonds is 5. The van der Waals surface area contributed by atoms with Gasteiger partial charge in [0.05, 0.1) is 35.5 Å². The molecule has 11 heteroatoms. The number of benzene rings is 2. The summed E-state index contributed by atoms with van der Waals surface area (Å²) in [5.41, 5.74) is 2.42. The number of hydrogen-bond donors (Lipinski definition) is 1. The van der Waals surface area contributed by atoms with Crippen LogP contribution in [0.1, 0.15) is 48.2 Å². The fourth-order valence-corrected chi connectivity index (χ4v) is 4.76. The minimum atomic E-state index is -0.596. The highest BCUT2D eigenvalue weighted by Crippen LogP contribution is 2.45. The van der Waals surface area contributed by atoms with Gasteiger partial charge in [0.25, 0.3) is 0 Å². The predicted octanol–water partition coefficient (Wildman–Crippen LogP) is 4.08. The topological polar surface area (TPSA) is 124 Å². The highest BCUT2D eigenvalue weighted by Gasteiger charge is 2.45. The van der Waals surface area contributed by atoms with E-state index >= 15 is 0 Å². The molecule has 0 saturated carbocycles. The lowest BCUT2D eigenvalue weighted by atomic mass is 9.95. The number of nitrogens with zero attached hydrogens (tertiary/aromatic N) is 5. The smallest absolute Gasteiger partial charge is 0.326 e. The SMILES string of the molecule is CC(C)Oc1cc(C#N)ccc1C1=N[C@@H](c2cnoc2)[C@@H](c2ccc(Cl)cc2)N1C(=O)N1CCNC(=O)C1. The van der Waals surface area contributed by atoms with E-state index in [1.165, 1.54) is 11.2 Å². The number of amides is 3. The van der Waals surface area contributed by atoms with Crippen LogP contribution in [0.5, 0.6) is 5.75 Å². The Hall–Kier alpha value is -4.36. The summed E-state index contributed by atoms with van der Waals surface area (Å²) >= 11 is 6.18. The van der Waals surface area contributed by atoms with E-state index in [0.29, 0.717) is 46.4 Å². The van der Waals surface area contributed by atoms with Gasteiger partial charge in [0.1, 0.15) is 30.4 Å². The minimum absolute atomic E-state index is 0.0728. The van der Waals surface area contributed by atoms with Crippen molar-refractivity contribution in [2.75, 3.05) is 19.6 Å². The number of piperazine rings is 1. The molecule has 1 aromatic heterocycles. The van der Waals surface area contributed by atoms with Gasteiger partial charge in [0, 0.05) is 23.7 Å². The number of nitrogens with one attached hydrogen (secondary N) is 1. The number of urea groups is 1. The number of carbonyl (C=O) groups is 2. The number of halogens is 1. The highest BCUT2D eigenvalue weighted by molar-refractivity contribution is 6.30. The van der Waals surface area contributed by atoms with Crippen molar-refractivity contribution in [1.29, 1.82) is 5.26 Å². The van der Waals surface area contributed by atoms with E-state index in [1.54, 1.807) is 41.4 Å². The van der Waals surface area contributed by atoms with Crippen LogP contribution in [0, 0.1) is 11.3 Å². The summed E-state index contributed by atoms with van der Waals surface area (Å²) in [4.78, 5) is 34.5. The molecule has 1 saturated heterocycles. The molecule has 0 bridgehead atoms. The van der Waals surface area contributed by atoms with Crippen LogP contribution in [0.4, 0.5) is 4.79 Å². The van der Waals surface area contributed by atoms with E-state index in [-0.39, 0.29) is 24.6 Å². The maximum absolute atomic E-state index is 14.2. The van der Waals surface area contributed by atoms with Crippen LogP contribution in [-0.4, -0.2) is 58.5 Å². The Labute approximate surface area is 224 Å². The van der Waals surface area contributed by atoms with Crippen molar-refractivity contribution < 1.29 is 18.8 Å². The number of aromatic nitrogens is 1. The first-order valence-corrected chi connectivity index (χ1v) is 12.5. The second kappa shape index (κ2) is 10.6. The number of aliphatic imine (C=N–C) groups is 1. The summed E-state index contributed by atoms with van der Waals surface area (Å²) in [6, 6.07) is 12.8. The van der Waals surface area contributed by atoms with Crippen LogP contribution in [0.2, 0.25) is 5.02 Å². The van der Waals surface area contributed by atoms with E-state index in [4.69, 9.17) is 25.9 Å². The Morgan fingerprint density at radius 2 is 2.03 bits per heavy atom. The lowest BCUT2D eigenvalue weighted by Gasteiger charge is -2.35. The molecule has 38 heavy (non-hydrogen) atoms. The predicted molar refractivity (Wildman–Crippen MR) is 139 cm³/mol. The Kier molecular flexibility index (Phi) is 7.03. The number of hydrogen-bond acceptors (Lipinski definition) is 7. The number of ether oxygens (including phenoxy) is 1. The van der Waals surface area contributed by atoms with Gasteiger partial charge in [-0.15, -0.1) is 0 Å². The van der Waals surface area contributed by atoms with E-state index in [9.17, 15) is 14.9 Å². The Morgan fingerprint density at radius 1 is 1.24 bits per heavy atom. The summed E-state index contributed by atoms with van der Waals surface area (Å²) in [5, 5.41) is 16.7.